The monoisotopic (exact) mass is 299 g/mol. The van der Waals surface area contributed by atoms with Crippen molar-refractivity contribution in [3.05, 3.63) is 22.6 Å². The second-order valence-corrected chi connectivity index (χ2v) is 8.17. The lowest BCUT2D eigenvalue weighted by atomic mass is 9.93. The van der Waals surface area contributed by atoms with Gasteiger partial charge in [0.1, 0.15) is 0 Å². The molecule has 0 aromatic carbocycles. The number of rotatable bonds is 6. The zero-order valence-corrected chi connectivity index (χ0v) is 12.7. The summed E-state index contributed by atoms with van der Waals surface area (Å²) in [5.74, 6) is -0.0625. The molecule has 0 radical (unpaired) electrons. The number of aromatic nitrogens is 2. The summed E-state index contributed by atoms with van der Waals surface area (Å²) < 4.78 is 24.6. The van der Waals surface area contributed by atoms with Gasteiger partial charge in [0.15, 0.2) is 9.84 Å². The first-order valence-electron chi connectivity index (χ1n) is 6.94. The van der Waals surface area contributed by atoms with Crippen LogP contribution in [0, 0.1) is 0 Å². The van der Waals surface area contributed by atoms with Gasteiger partial charge < -0.3 is 5.32 Å². The Labute approximate surface area is 119 Å². The standard InChI is InChI=1S/C13H21N3O3S/c1-10(2)20(18,19)7-6-16-13(17)8-12(9-14-16)15-11-4-3-5-11/h8-11,15H,3-7H2,1-2H3. The smallest absolute Gasteiger partial charge is 0.268 e. The third-order valence-electron chi connectivity index (χ3n) is 3.65. The minimum Gasteiger partial charge on any atom is -0.381 e. The molecule has 1 fully saturated rings. The third-order valence-corrected chi connectivity index (χ3v) is 5.84. The lowest BCUT2D eigenvalue weighted by Gasteiger charge is -2.27. The van der Waals surface area contributed by atoms with Gasteiger partial charge in [-0.1, -0.05) is 0 Å². The maximum Gasteiger partial charge on any atom is 0.268 e. The summed E-state index contributed by atoms with van der Waals surface area (Å²) in [6.45, 7) is 3.37. The minimum absolute atomic E-state index is 0.0625. The predicted octanol–water partition coefficient (Wildman–Crippen LogP) is 1.03. The largest absolute Gasteiger partial charge is 0.381 e. The molecular weight excluding hydrogens is 278 g/mol. The first-order valence-corrected chi connectivity index (χ1v) is 8.65. The normalized spacial score (nSPS) is 16.1. The zero-order chi connectivity index (χ0) is 14.8. The average molecular weight is 299 g/mol. The van der Waals surface area contributed by atoms with Crippen molar-refractivity contribution in [3.8, 4) is 0 Å². The quantitative estimate of drug-likeness (QED) is 0.848. The van der Waals surface area contributed by atoms with Gasteiger partial charge in [0.25, 0.3) is 5.56 Å². The predicted molar refractivity (Wildman–Crippen MR) is 78.7 cm³/mol. The minimum atomic E-state index is -3.15. The molecule has 1 aromatic rings. The fourth-order valence-corrected chi connectivity index (χ4v) is 2.82. The number of nitrogens with zero attached hydrogens (tertiary/aromatic N) is 2. The Morgan fingerprint density at radius 3 is 2.65 bits per heavy atom. The molecule has 1 aromatic heterocycles. The second kappa shape index (κ2) is 5.95. The molecule has 1 aliphatic carbocycles. The molecule has 2 rings (SSSR count). The van der Waals surface area contributed by atoms with Crippen LogP contribution in [0.5, 0.6) is 0 Å². The van der Waals surface area contributed by atoms with E-state index in [1.165, 1.54) is 17.2 Å². The number of sulfone groups is 1. The SMILES string of the molecule is CC(C)S(=O)(=O)CCn1ncc(NC2CCC2)cc1=O. The lowest BCUT2D eigenvalue weighted by Crippen LogP contribution is -2.31. The first-order chi connectivity index (χ1) is 9.38. The number of aryl methyl sites for hydroxylation is 1. The van der Waals surface area contributed by atoms with E-state index in [0.29, 0.717) is 11.7 Å². The van der Waals surface area contributed by atoms with Crippen LogP contribution in [0.1, 0.15) is 33.1 Å². The van der Waals surface area contributed by atoms with Crippen LogP contribution in [0.15, 0.2) is 17.1 Å². The van der Waals surface area contributed by atoms with Crippen LogP contribution in [0.4, 0.5) is 5.69 Å². The molecule has 6 nitrogen and oxygen atoms in total. The molecule has 1 aliphatic rings. The summed E-state index contributed by atoms with van der Waals surface area (Å²) in [6.07, 6.45) is 5.04. The van der Waals surface area contributed by atoms with Gasteiger partial charge >= 0.3 is 0 Å². The summed E-state index contributed by atoms with van der Waals surface area (Å²) in [5.41, 5.74) is 0.441. The van der Waals surface area contributed by atoms with E-state index in [4.69, 9.17) is 0 Å². The van der Waals surface area contributed by atoms with Gasteiger partial charge in [0, 0.05) is 12.1 Å². The van der Waals surface area contributed by atoms with Gasteiger partial charge in [-0.15, -0.1) is 0 Å². The fourth-order valence-electron chi connectivity index (χ4n) is 1.92. The van der Waals surface area contributed by atoms with Crippen molar-refractivity contribution in [1.82, 2.24) is 9.78 Å². The number of nitrogens with one attached hydrogen (secondary N) is 1. The molecule has 0 atom stereocenters. The Bertz CT molecular complexity index is 618. The Hall–Kier alpha value is -1.37. The molecule has 7 heteroatoms. The van der Waals surface area contributed by atoms with Crippen LogP contribution in [0.2, 0.25) is 0 Å². The van der Waals surface area contributed by atoms with E-state index in [1.54, 1.807) is 20.0 Å². The van der Waals surface area contributed by atoms with Crippen LogP contribution in [0.25, 0.3) is 0 Å². The average Bonchev–Trinajstić information content (AvgIpc) is 2.32. The summed E-state index contributed by atoms with van der Waals surface area (Å²) in [4.78, 5) is 11.9. The topological polar surface area (TPSA) is 81.1 Å². The van der Waals surface area contributed by atoms with Crippen LogP contribution < -0.4 is 10.9 Å². The van der Waals surface area contributed by atoms with Gasteiger partial charge in [-0.25, -0.2) is 13.1 Å². The van der Waals surface area contributed by atoms with Crippen molar-refractivity contribution in [1.29, 1.82) is 0 Å². The summed E-state index contributed by atoms with van der Waals surface area (Å²) in [5, 5.41) is 6.84. The molecule has 0 amide bonds. The highest BCUT2D eigenvalue weighted by Crippen LogP contribution is 2.21. The lowest BCUT2D eigenvalue weighted by molar-refractivity contribution is 0.445. The highest BCUT2D eigenvalue weighted by Gasteiger charge is 2.18. The molecule has 20 heavy (non-hydrogen) atoms. The van der Waals surface area contributed by atoms with E-state index >= 15 is 0 Å². The first kappa shape index (κ1) is 15.0. The van der Waals surface area contributed by atoms with Gasteiger partial charge in [0.05, 0.1) is 29.4 Å². The van der Waals surface area contributed by atoms with Crippen LogP contribution in [-0.4, -0.2) is 35.2 Å². The van der Waals surface area contributed by atoms with E-state index in [-0.39, 0.29) is 17.9 Å². The fraction of sp³-hybridized carbons (Fsp3) is 0.692. The summed E-state index contributed by atoms with van der Waals surface area (Å²) >= 11 is 0. The Morgan fingerprint density at radius 1 is 1.45 bits per heavy atom. The van der Waals surface area contributed by atoms with E-state index in [1.807, 2.05) is 0 Å². The van der Waals surface area contributed by atoms with Crippen molar-refractivity contribution in [2.24, 2.45) is 0 Å². The highest BCUT2D eigenvalue weighted by molar-refractivity contribution is 7.91. The van der Waals surface area contributed by atoms with E-state index < -0.39 is 15.1 Å². The Balaban J connectivity index is 2.00. The van der Waals surface area contributed by atoms with Gasteiger partial charge in [0.2, 0.25) is 0 Å². The van der Waals surface area contributed by atoms with Crippen molar-refractivity contribution >= 4 is 15.5 Å². The van der Waals surface area contributed by atoms with Crippen molar-refractivity contribution in [2.75, 3.05) is 11.1 Å². The van der Waals surface area contributed by atoms with Crippen molar-refractivity contribution < 1.29 is 8.42 Å². The molecule has 0 bridgehead atoms. The molecule has 1 saturated carbocycles. The van der Waals surface area contributed by atoms with Crippen molar-refractivity contribution in [2.45, 2.75) is 50.9 Å². The van der Waals surface area contributed by atoms with E-state index in [0.717, 1.165) is 12.8 Å². The molecule has 0 saturated heterocycles. The zero-order valence-electron chi connectivity index (χ0n) is 11.9. The van der Waals surface area contributed by atoms with E-state index in [9.17, 15) is 13.2 Å². The molecule has 0 aliphatic heterocycles. The van der Waals surface area contributed by atoms with Crippen LogP contribution in [-0.2, 0) is 16.4 Å². The molecule has 1 N–H and O–H groups in total. The third kappa shape index (κ3) is 3.59. The number of hydrogen-bond acceptors (Lipinski definition) is 5. The summed E-state index contributed by atoms with van der Waals surface area (Å²) in [7, 11) is -3.15. The van der Waals surface area contributed by atoms with Gasteiger partial charge in [-0.05, 0) is 33.1 Å². The molecule has 0 spiro atoms. The second-order valence-electron chi connectivity index (χ2n) is 5.49. The van der Waals surface area contributed by atoms with Crippen LogP contribution in [0.3, 0.4) is 0 Å². The van der Waals surface area contributed by atoms with Gasteiger partial charge in [-0.2, -0.15) is 5.10 Å². The summed E-state index contributed by atoms with van der Waals surface area (Å²) in [6, 6.07) is 1.92. The van der Waals surface area contributed by atoms with Crippen molar-refractivity contribution in [3.63, 3.8) is 0 Å². The maximum atomic E-state index is 11.9. The molecule has 112 valence electrons. The van der Waals surface area contributed by atoms with E-state index in [2.05, 4.69) is 10.4 Å². The Morgan fingerprint density at radius 2 is 2.15 bits per heavy atom. The molecule has 1 heterocycles. The molecular formula is C13H21N3O3S. The number of anilines is 1. The van der Waals surface area contributed by atoms with Crippen LogP contribution >= 0.6 is 0 Å². The maximum absolute atomic E-state index is 11.9. The highest BCUT2D eigenvalue weighted by atomic mass is 32.2. The number of hydrogen-bond donors (Lipinski definition) is 1. The van der Waals surface area contributed by atoms with Gasteiger partial charge in [-0.3, -0.25) is 4.79 Å². The Kier molecular flexibility index (Phi) is 4.47. The molecule has 0 unspecified atom stereocenters.